The third kappa shape index (κ3) is 3.87. The second kappa shape index (κ2) is 6.61. The Balaban J connectivity index is 1.84. The summed E-state index contributed by atoms with van der Waals surface area (Å²) >= 11 is 0. The number of nitrogen functional groups attached to an aromatic ring is 1. The third-order valence-corrected chi connectivity index (χ3v) is 4.04. The molecular formula is C15H24N4O. The third-order valence-electron chi connectivity index (χ3n) is 4.04. The molecule has 0 bridgehead atoms. The first-order valence-corrected chi connectivity index (χ1v) is 7.18. The van der Waals surface area contributed by atoms with Crippen LogP contribution in [0.2, 0.25) is 0 Å². The number of amides is 1. The van der Waals surface area contributed by atoms with Gasteiger partial charge in [-0.15, -0.1) is 0 Å². The van der Waals surface area contributed by atoms with Gasteiger partial charge >= 0.3 is 0 Å². The Morgan fingerprint density at radius 2 is 2.10 bits per heavy atom. The lowest BCUT2D eigenvalue weighted by molar-refractivity contribution is 0.100. The maximum atomic E-state index is 11.2. The van der Waals surface area contributed by atoms with Gasteiger partial charge in [0.05, 0.1) is 11.4 Å². The second-order valence-electron chi connectivity index (χ2n) is 5.63. The summed E-state index contributed by atoms with van der Waals surface area (Å²) < 4.78 is 0. The van der Waals surface area contributed by atoms with Crippen LogP contribution in [0.15, 0.2) is 18.2 Å². The van der Waals surface area contributed by atoms with E-state index in [9.17, 15) is 4.79 Å². The molecule has 1 saturated heterocycles. The molecule has 2 rings (SSSR count). The molecule has 0 atom stereocenters. The maximum Gasteiger partial charge on any atom is 0.248 e. The average molecular weight is 276 g/mol. The number of anilines is 2. The standard InChI is InChI=1S/C15H24N4O/c1-19-8-5-11(6-9-19)4-7-18-14-10-12(15(17)20)2-3-13(14)16/h2-3,10-11,18H,4-9,16H2,1H3,(H2,17,20). The first-order valence-electron chi connectivity index (χ1n) is 7.18. The molecule has 5 N–H and O–H groups in total. The smallest absolute Gasteiger partial charge is 0.248 e. The first kappa shape index (κ1) is 14.7. The summed E-state index contributed by atoms with van der Waals surface area (Å²) in [6, 6.07) is 5.10. The van der Waals surface area contributed by atoms with Gasteiger partial charge in [0.15, 0.2) is 0 Å². The highest BCUT2D eigenvalue weighted by molar-refractivity contribution is 5.94. The minimum atomic E-state index is -0.427. The number of piperidine rings is 1. The highest BCUT2D eigenvalue weighted by Gasteiger charge is 2.16. The molecule has 1 aliphatic rings. The minimum absolute atomic E-state index is 0.427. The van der Waals surface area contributed by atoms with Crippen molar-refractivity contribution in [3.05, 3.63) is 23.8 Å². The van der Waals surface area contributed by atoms with Gasteiger partial charge in [0.1, 0.15) is 0 Å². The molecule has 1 amide bonds. The molecule has 1 aromatic rings. The molecule has 20 heavy (non-hydrogen) atoms. The van der Waals surface area contributed by atoms with E-state index in [4.69, 9.17) is 11.5 Å². The molecular weight excluding hydrogens is 252 g/mol. The van der Waals surface area contributed by atoms with Crippen LogP contribution in [0.25, 0.3) is 0 Å². The van der Waals surface area contributed by atoms with Crippen molar-refractivity contribution in [3.8, 4) is 0 Å². The molecule has 5 nitrogen and oxygen atoms in total. The molecule has 0 spiro atoms. The zero-order chi connectivity index (χ0) is 14.5. The van der Waals surface area contributed by atoms with Crippen molar-refractivity contribution in [3.63, 3.8) is 0 Å². The number of nitrogens with one attached hydrogen (secondary N) is 1. The van der Waals surface area contributed by atoms with E-state index in [1.54, 1.807) is 18.2 Å². The average Bonchev–Trinajstić information content (AvgIpc) is 2.43. The Bertz CT molecular complexity index is 467. The van der Waals surface area contributed by atoms with Crippen LogP contribution in [0.3, 0.4) is 0 Å². The van der Waals surface area contributed by atoms with Gasteiger partial charge in [0, 0.05) is 12.1 Å². The highest BCUT2D eigenvalue weighted by Crippen LogP contribution is 2.22. The van der Waals surface area contributed by atoms with Crippen molar-refractivity contribution >= 4 is 17.3 Å². The van der Waals surface area contributed by atoms with Gasteiger partial charge in [-0.1, -0.05) is 0 Å². The number of benzene rings is 1. The first-order chi connectivity index (χ1) is 9.56. The van der Waals surface area contributed by atoms with Crippen LogP contribution >= 0.6 is 0 Å². The molecule has 1 heterocycles. The number of nitrogens with zero attached hydrogens (tertiary/aromatic N) is 1. The normalized spacial score (nSPS) is 17.1. The molecule has 0 unspecified atom stereocenters. The number of rotatable bonds is 5. The number of hydrogen-bond donors (Lipinski definition) is 3. The van der Waals surface area contributed by atoms with Crippen LogP contribution in [0, 0.1) is 5.92 Å². The predicted molar refractivity (Wildman–Crippen MR) is 82.7 cm³/mol. The van der Waals surface area contributed by atoms with Crippen LogP contribution in [-0.4, -0.2) is 37.5 Å². The summed E-state index contributed by atoms with van der Waals surface area (Å²) in [6.45, 7) is 3.24. The monoisotopic (exact) mass is 276 g/mol. The van der Waals surface area contributed by atoms with Gasteiger partial charge in [-0.3, -0.25) is 4.79 Å². The second-order valence-corrected chi connectivity index (χ2v) is 5.63. The van der Waals surface area contributed by atoms with Crippen molar-refractivity contribution in [1.29, 1.82) is 0 Å². The van der Waals surface area contributed by atoms with Crippen molar-refractivity contribution in [2.24, 2.45) is 11.7 Å². The van der Waals surface area contributed by atoms with Gasteiger partial charge in [0.2, 0.25) is 5.91 Å². The van der Waals surface area contributed by atoms with Gasteiger partial charge in [-0.2, -0.15) is 0 Å². The highest BCUT2D eigenvalue weighted by atomic mass is 16.1. The summed E-state index contributed by atoms with van der Waals surface area (Å²) in [5.41, 5.74) is 13.1. The van der Waals surface area contributed by atoms with E-state index in [1.807, 2.05) is 0 Å². The van der Waals surface area contributed by atoms with E-state index in [2.05, 4.69) is 17.3 Å². The van der Waals surface area contributed by atoms with Crippen LogP contribution in [-0.2, 0) is 0 Å². The van der Waals surface area contributed by atoms with E-state index in [0.717, 1.165) is 24.6 Å². The number of primary amides is 1. The summed E-state index contributed by atoms with van der Waals surface area (Å²) in [5.74, 6) is 0.350. The molecule has 0 aliphatic carbocycles. The lowest BCUT2D eigenvalue weighted by Crippen LogP contribution is -2.30. The summed E-state index contributed by atoms with van der Waals surface area (Å²) in [4.78, 5) is 13.5. The maximum absolute atomic E-state index is 11.2. The predicted octanol–water partition coefficient (Wildman–Crippen LogP) is 1.51. The molecule has 1 fully saturated rings. The van der Waals surface area contributed by atoms with Crippen LogP contribution < -0.4 is 16.8 Å². The SMILES string of the molecule is CN1CCC(CCNc2cc(C(N)=O)ccc2N)CC1. The topological polar surface area (TPSA) is 84.4 Å². The van der Waals surface area contributed by atoms with Gasteiger partial charge in [-0.05, 0) is 63.5 Å². The molecule has 1 aromatic carbocycles. The van der Waals surface area contributed by atoms with Gasteiger partial charge in [-0.25, -0.2) is 0 Å². The minimum Gasteiger partial charge on any atom is -0.397 e. The number of carbonyl (C=O) groups is 1. The fraction of sp³-hybridized carbons (Fsp3) is 0.533. The fourth-order valence-electron chi connectivity index (χ4n) is 2.62. The molecule has 5 heteroatoms. The largest absolute Gasteiger partial charge is 0.397 e. The van der Waals surface area contributed by atoms with Crippen molar-refractivity contribution < 1.29 is 4.79 Å². The van der Waals surface area contributed by atoms with Crippen molar-refractivity contribution in [2.75, 3.05) is 37.7 Å². The lowest BCUT2D eigenvalue weighted by Gasteiger charge is -2.29. The van der Waals surface area contributed by atoms with Crippen LogP contribution in [0.5, 0.6) is 0 Å². The Morgan fingerprint density at radius 1 is 1.40 bits per heavy atom. The quantitative estimate of drug-likeness (QED) is 0.712. The summed E-state index contributed by atoms with van der Waals surface area (Å²) in [6.07, 6.45) is 3.65. The van der Waals surface area contributed by atoms with E-state index in [-0.39, 0.29) is 0 Å². The Kier molecular flexibility index (Phi) is 4.84. The van der Waals surface area contributed by atoms with Gasteiger partial charge < -0.3 is 21.7 Å². The molecule has 1 aliphatic heterocycles. The fourth-order valence-corrected chi connectivity index (χ4v) is 2.62. The van der Waals surface area contributed by atoms with Gasteiger partial charge in [0.25, 0.3) is 0 Å². The zero-order valence-corrected chi connectivity index (χ0v) is 12.1. The van der Waals surface area contributed by atoms with E-state index in [0.29, 0.717) is 11.3 Å². The summed E-state index contributed by atoms with van der Waals surface area (Å²) in [7, 11) is 2.17. The number of carbonyl (C=O) groups excluding carboxylic acids is 1. The number of nitrogens with two attached hydrogens (primary N) is 2. The Hall–Kier alpha value is -1.75. The summed E-state index contributed by atoms with van der Waals surface area (Å²) in [5, 5.41) is 3.32. The zero-order valence-electron chi connectivity index (χ0n) is 12.1. The molecule has 0 saturated carbocycles. The van der Waals surface area contributed by atoms with Crippen molar-refractivity contribution in [2.45, 2.75) is 19.3 Å². The molecule has 0 radical (unpaired) electrons. The van der Waals surface area contributed by atoms with Crippen molar-refractivity contribution in [1.82, 2.24) is 4.90 Å². The van der Waals surface area contributed by atoms with E-state index < -0.39 is 5.91 Å². The van der Waals surface area contributed by atoms with Crippen LogP contribution in [0.4, 0.5) is 11.4 Å². The van der Waals surface area contributed by atoms with Crippen LogP contribution in [0.1, 0.15) is 29.6 Å². The van der Waals surface area contributed by atoms with E-state index >= 15 is 0 Å². The lowest BCUT2D eigenvalue weighted by atomic mass is 9.94. The number of likely N-dealkylation sites (tertiary alicyclic amines) is 1. The molecule has 110 valence electrons. The number of hydrogen-bond acceptors (Lipinski definition) is 4. The Morgan fingerprint density at radius 3 is 2.75 bits per heavy atom. The molecule has 0 aromatic heterocycles. The van der Waals surface area contributed by atoms with E-state index in [1.165, 1.54) is 25.9 Å². The Labute approximate surface area is 120 Å².